The van der Waals surface area contributed by atoms with E-state index in [1.807, 2.05) is 23.1 Å². The highest BCUT2D eigenvalue weighted by atomic mass is 16.4. The Hall–Kier alpha value is -2.08. The van der Waals surface area contributed by atoms with Gasteiger partial charge in [-0.3, -0.25) is 14.3 Å². The zero-order valence-corrected chi connectivity index (χ0v) is 16.2. The van der Waals surface area contributed by atoms with Crippen LogP contribution in [0.1, 0.15) is 40.2 Å². The average Bonchev–Trinajstić information content (AvgIpc) is 2.94. The summed E-state index contributed by atoms with van der Waals surface area (Å²) < 4.78 is 6.73. The Bertz CT molecular complexity index is 823. The molecule has 0 aliphatic carbocycles. The summed E-state index contributed by atoms with van der Waals surface area (Å²) in [6.45, 7) is 12.8. The van der Waals surface area contributed by atoms with E-state index in [2.05, 4.69) is 25.7 Å². The molecule has 1 unspecified atom stereocenters. The summed E-state index contributed by atoms with van der Waals surface area (Å²) in [5.74, 6) is -0.495. The van der Waals surface area contributed by atoms with Crippen LogP contribution in [0.25, 0.3) is 11.1 Å². The maximum absolute atomic E-state index is 12.9. The van der Waals surface area contributed by atoms with E-state index in [1.54, 1.807) is 13.0 Å². The fourth-order valence-electron chi connectivity index (χ4n) is 3.41. The molecule has 1 aliphatic heterocycles. The number of hydrogen-bond acceptors (Lipinski definition) is 4. The van der Waals surface area contributed by atoms with Crippen LogP contribution in [0.15, 0.2) is 33.5 Å². The molecule has 1 aromatic carbocycles. The first-order valence-corrected chi connectivity index (χ1v) is 9.37. The van der Waals surface area contributed by atoms with Gasteiger partial charge in [0.15, 0.2) is 5.58 Å². The molecule has 0 N–H and O–H groups in total. The lowest BCUT2D eigenvalue weighted by molar-refractivity contribution is -0.136. The van der Waals surface area contributed by atoms with Gasteiger partial charge >= 0.3 is 5.76 Å². The predicted molar refractivity (Wildman–Crippen MR) is 102 cm³/mol. The fraction of sp³-hybridized carbons (Fsp3) is 0.600. The van der Waals surface area contributed by atoms with Gasteiger partial charge in [-0.25, -0.2) is 4.79 Å². The summed E-state index contributed by atoms with van der Waals surface area (Å²) in [6.07, 6.45) is 1.15. The number of para-hydroxylation sites is 2. The molecule has 1 amide bonds. The molecule has 1 atom stereocenters. The zero-order chi connectivity index (χ0) is 18.9. The summed E-state index contributed by atoms with van der Waals surface area (Å²) >= 11 is 0. The number of carbonyl (C=O) groups excluding carboxylic acids is 1. The first-order valence-electron chi connectivity index (χ1n) is 9.37. The van der Waals surface area contributed by atoms with Crippen molar-refractivity contribution in [2.24, 2.45) is 5.41 Å². The Labute approximate surface area is 154 Å². The molecular weight excluding hydrogens is 330 g/mol. The van der Waals surface area contributed by atoms with Crippen molar-refractivity contribution in [1.29, 1.82) is 0 Å². The smallest absolute Gasteiger partial charge is 0.408 e. The molecule has 1 aliphatic rings. The summed E-state index contributed by atoms with van der Waals surface area (Å²) in [5.41, 5.74) is 1.51. The third-order valence-electron chi connectivity index (χ3n) is 5.13. The number of oxazole rings is 1. The normalized spacial score (nSPS) is 17.6. The van der Waals surface area contributed by atoms with Crippen molar-refractivity contribution in [3.05, 3.63) is 34.8 Å². The van der Waals surface area contributed by atoms with Crippen LogP contribution in [0.4, 0.5) is 0 Å². The Morgan fingerprint density at radius 2 is 1.81 bits per heavy atom. The lowest BCUT2D eigenvalue weighted by atomic mass is 9.92. The highest BCUT2D eigenvalue weighted by Crippen LogP contribution is 2.21. The van der Waals surface area contributed by atoms with Crippen LogP contribution in [0.5, 0.6) is 0 Å². The minimum atomic E-state index is -0.563. The van der Waals surface area contributed by atoms with Crippen LogP contribution in [0, 0.1) is 5.41 Å². The maximum Gasteiger partial charge on any atom is 0.420 e. The molecule has 2 aromatic rings. The van der Waals surface area contributed by atoms with Crippen molar-refractivity contribution < 1.29 is 9.21 Å². The molecule has 1 aromatic heterocycles. The molecule has 0 spiro atoms. The van der Waals surface area contributed by atoms with E-state index < -0.39 is 11.8 Å². The number of nitrogens with zero attached hydrogens (tertiary/aromatic N) is 3. The lowest BCUT2D eigenvalue weighted by Crippen LogP contribution is -2.51. The van der Waals surface area contributed by atoms with E-state index in [1.165, 1.54) is 4.57 Å². The largest absolute Gasteiger partial charge is 0.420 e. The monoisotopic (exact) mass is 359 g/mol. The second-order valence-electron chi connectivity index (χ2n) is 8.36. The summed E-state index contributed by atoms with van der Waals surface area (Å²) in [7, 11) is 0. The second kappa shape index (κ2) is 7.27. The molecule has 0 bridgehead atoms. The Balaban J connectivity index is 1.65. The Kier molecular flexibility index (Phi) is 5.23. The average molecular weight is 359 g/mol. The third-order valence-corrected chi connectivity index (χ3v) is 5.13. The number of carbonyl (C=O) groups is 1. The van der Waals surface area contributed by atoms with Gasteiger partial charge in [-0.2, -0.15) is 0 Å². The Morgan fingerprint density at radius 3 is 2.46 bits per heavy atom. The van der Waals surface area contributed by atoms with Crippen molar-refractivity contribution in [1.82, 2.24) is 14.4 Å². The SMILES string of the molecule is CC(C(=O)N1CCN(CCC(C)(C)C)CC1)n1c(=O)oc2ccccc21. The van der Waals surface area contributed by atoms with Gasteiger partial charge in [-0.05, 0) is 37.4 Å². The molecule has 3 rings (SSSR count). The highest BCUT2D eigenvalue weighted by Gasteiger charge is 2.28. The number of aromatic nitrogens is 1. The molecule has 0 radical (unpaired) electrons. The van der Waals surface area contributed by atoms with Gasteiger partial charge < -0.3 is 9.32 Å². The predicted octanol–water partition coefficient (Wildman–Crippen LogP) is 2.74. The van der Waals surface area contributed by atoms with Crippen LogP contribution in [0.2, 0.25) is 0 Å². The second-order valence-corrected chi connectivity index (χ2v) is 8.36. The molecule has 1 saturated heterocycles. The van der Waals surface area contributed by atoms with Gasteiger partial charge in [-0.1, -0.05) is 32.9 Å². The fourth-order valence-corrected chi connectivity index (χ4v) is 3.41. The van der Waals surface area contributed by atoms with Crippen molar-refractivity contribution in [3.63, 3.8) is 0 Å². The molecule has 6 nitrogen and oxygen atoms in total. The quantitative estimate of drug-likeness (QED) is 0.842. The summed E-state index contributed by atoms with van der Waals surface area (Å²) in [4.78, 5) is 29.4. The highest BCUT2D eigenvalue weighted by molar-refractivity contribution is 5.83. The number of hydrogen-bond donors (Lipinski definition) is 0. The van der Waals surface area contributed by atoms with Gasteiger partial charge in [0.25, 0.3) is 0 Å². The van der Waals surface area contributed by atoms with E-state index in [-0.39, 0.29) is 5.91 Å². The Morgan fingerprint density at radius 1 is 1.15 bits per heavy atom. The van der Waals surface area contributed by atoms with E-state index in [9.17, 15) is 9.59 Å². The van der Waals surface area contributed by atoms with E-state index in [4.69, 9.17) is 4.42 Å². The number of amides is 1. The van der Waals surface area contributed by atoms with E-state index in [0.717, 1.165) is 26.1 Å². The summed E-state index contributed by atoms with van der Waals surface area (Å²) in [6, 6.07) is 6.66. The third kappa shape index (κ3) is 4.01. The van der Waals surface area contributed by atoms with Crippen molar-refractivity contribution in [3.8, 4) is 0 Å². The molecule has 26 heavy (non-hydrogen) atoms. The minimum Gasteiger partial charge on any atom is -0.408 e. The zero-order valence-electron chi connectivity index (χ0n) is 16.2. The lowest BCUT2D eigenvalue weighted by Gasteiger charge is -2.37. The van der Waals surface area contributed by atoms with Gasteiger partial charge in [0.1, 0.15) is 6.04 Å². The van der Waals surface area contributed by atoms with Crippen LogP contribution >= 0.6 is 0 Å². The van der Waals surface area contributed by atoms with Crippen LogP contribution in [0.3, 0.4) is 0 Å². The first kappa shape index (κ1) is 18.7. The van der Waals surface area contributed by atoms with Gasteiger partial charge in [0.05, 0.1) is 5.52 Å². The van der Waals surface area contributed by atoms with Crippen molar-refractivity contribution >= 4 is 17.0 Å². The number of piperazine rings is 1. The molecule has 6 heteroatoms. The topological polar surface area (TPSA) is 58.7 Å². The van der Waals surface area contributed by atoms with E-state index in [0.29, 0.717) is 29.6 Å². The van der Waals surface area contributed by atoms with Crippen LogP contribution in [-0.2, 0) is 4.79 Å². The van der Waals surface area contributed by atoms with Gasteiger partial charge in [-0.15, -0.1) is 0 Å². The minimum absolute atomic E-state index is 0.0193. The van der Waals surface area contributed by atoms with Crippen molar-refractivity contribution in [2.75, 3.05) is 32.7 Å². The van der Waals surface area contributed by atoms with E-state index >= 15 is 0 Å². The van der Waals surface area contributed by atoms with Gasteiger partial charge in [0.2, 0.25) is 5.91 Å². The molecule has 0 saturated carbocycles. The molecular formula is C20H29N3O3. The number of fused-ring (bicyclic) bond motifs is 1. The molecule has 142 valence electrons. The standard InChI is InChI=1S/C20H29N3O3/c1-15(23-16-7-5-6-8-17(16)26-19(23)25)18(24)22-13-11-21(12-14-22)10-9-20(2,3)4/h5-8,15H,9-14H2,1-4H3. The maximum atomic E-state index is 12.9. The van der Waals surface area contributed by atoms with Crippen LogP contribution in [-0.4, -0.2) is 53.0 Å². The molecule has 1 fully saturated rings. The van der Waals surface area contributed by atoms with Crippen LogP contribution < -0.4 is 5.76 Å². The molecule has 2 heterocycles. The summed E-state index contributed by atoms with van der Waals surface area (Å²) in [5, 5.41) is 0. The number of rotatable bonds is 4. The number of benzene rings is 1. The first-order chi connectivity index (χ1) is 12.3. The van der Waals surface area contributed by atoms with Gasteiger partial charge in [0, 0.05) is 26.2 Å². The van der Waals surface area contributed by atoms with Crippen molar-refractivity contribution in [2.45, 2.75) is 40.2 Å².